The van der Waals surface area contributed by atoms with E-state index in [4.69, 9.17) is 16.7 Å². The molecule has 0 aliphatic heterocycles. The summed E-state index contributed by atoms with van der Waals surface area (Å²) in [5, 5.41) is 8.84. The molecule has 0 radical (unpaired) electrons. The third-order valence-corrected chi connectivity index (χ3v) is 1.41. The van der Waals surface area contributed by atoms with Gasteiger partial charge in [0.15, 0.2) is 0 Å². The molecule has 62 valence electrons. The Hall–Kier alpha value is 0.176. The monoisotopic (exact) mass is 220 g/mol. The Morgan fingerprint density at radius 3 is 2.31 bits per heavy atom. The van der Waals surface area contributed by atoms with Crippen LogP contribution < -0.4 is 0 Å². The van der Waals surface area contributed by atoms with Gasteiger partial charge in [-0.3, -0.25) is 0 Å². The molecule has 0 fully saturated rings. The standard InChI is InChI=1S/C9H5ClO2.K.H/c10-8-4-1-7(2-5-8)3-6-9(11)12;;/h1-2,4-5H,(H,11,12);;. The molecule has 13 heavy (non-hydrogen) atoms. The minimum absolute atomic E-state index is 0. The van der Waals surface area contributed by atoms with Crippen molar-refractivity contribution in [2.75, 3.05) is 0 Å². The average molecular weight is 221 g/mol. The first-order chi connectivity index (χ1) is 5.68. The zero-order valence-electron chi connectivity index (χ0n) is 6.04. The van der Waals surface area contributed by atoms with Gasteiger partial charge in [-0.15, -0.1) is 0 Å². The predicted molar refractivity (Wildman–Crippen MR) is 53.1 cm³/mol. The van der Waals surface area contributed by atoms with E-state index in [0.717, 1.165) is 0 Å². The molecule has 2 nitrogen and oxygen atoms in total. The van der Waals surface area contributed by atoms with Crippen molar-refractivity contribution in [2.45, 2.75) is 0 Å². The molecule has 1 aromatic carbocycles. The molecule has 0 aromatic heterocycles. The molecule has 1 aromatic rings. The topological polar surface area (TPSA) is 37.3 Å². The first kappa shape index (κ1) is 13.2. The number of benzene rings is 1. The van der Waals surface area contributed by atoms with E-state index in [0.29, 0.717) is 10.6 Å². The first-order valence-corrected chi connectivity index (χ1v) is 3.57. The number of aliphatic carboxylic acids is 1. The first-order valence-electron chi connectivity index (χ1n) is 3.19. The molecule has 0 spiro atoms. The zero-order chi connectivity index (χ0) is 8.97. The number of carbonyl (C=O) groups is 1. The van der Waals surface area contributed by atoms with Crippen molar-refractivity contribution in [2.24, 2.45) is 0 Å². The molecule has 1 N–H and O–H groups in total. The van der Waals surface area contributed by atoms with E-state index in [1.807, 2.05) is 5.92 Å². The van der Waals surface area contributed by atoms with Gasteiger partial charge in [0.25, 0.3) is 0 Å². The van der Waals surface area contributed by atoms with Crippen LogP contribution in [-0.4, -0.2) is 62.5 Å². The van der Waals surface area contributed by atoms with E-state index in [1.54, 1.807) is 24.3 Å². The quantitative estimate of drug-likeness (QED) is 0.526. The normalized spacial score (nSPS) is 7.77. The van der Waals surface area contributed by atoms with Crippen LogP contribution in [0.3, 0.4) is 0 Å². The van der Waals surface area contributed by atoms with Crippen LogP contribution in [0.2, 0.25) is 5.02 Å². The van der Waals surface area contributed by atoms with Crippen LogP contribution >= 0.6 is 11.6 Å². The molecular formula is C9H6ClKO2. The Morgan fingerprint density at radius 1 is 1.31 bits per heavy atom. The second-order valence-electron chi connectivity index (χ2n) is 2.06. The summed E-state index contributed by atoms with van der Waals surface area (Å²) >= 11 is 5.61. The molecule has 0 bridgehead atoms. The molecule has 0 amide bonds. The summed E-state index contributed by atoms with van der Waals surface area (Å²) in [7, 11) is 0. The van der Waals surface area contributed by atoms with E-state index in [-0.39, 0.29) is 51.4 Å². The number of halogens is 1. The van der Waals surface area contributed by atoms with Crippen molar-refractivity contribution in [3.63, 3.8) is 0 Å². The molecule has 0 unspecified atom stereocenters. The Balaban J connectivity index is 0.00000144. The van der Waals surface area contributed by atoms with E-state index in [1.165, 1.54) is 0 Å². The Labute approximate surface area is 124 Å². The van der Waals surface area contributed by atoms with Crippen LogP contribution in [0.5, 0.6) is 0 Å². The third-order valence-electron chi connectivity index (χ3n) is 1.16. The van der Waals surface area contributed by atoms with Gasteiger partial charge in [0.2, 0.25) is 0 Å². The van der Waals surface area contributed by atoms with Crippen molar-refractivity contribution in [3.8, 4) is 11.8 Å². The molecular weight excluding hydrogens is 215 g/mol. The molecule has 0 aliphatic rings. The Morgan fingerprint density at radius 2 is 1.85 bits per heavy atom. The molecule has 0 saturated carbocycles. The van der Waals surface area contributed by atoms with Crippen LogP contribution in [-0.2, 0) is 4.79 Å². The zero-order valence-corrected chi connectivity index (χ0v) is 6.80. The number of rotatable bonds is 0. The van der Waals surface area contributed by atoms with Gasteiger partial charge in [0.05, 0.1) is 0 Å². The van der Waals surface area contributed by atoms with E-state index >= 15 is 0 Å². The summed E-state index contributed by atoms with van der Waals surface area (Å²) in [6.45, 7) is 0. The van der Waals surface area contributed by atoms with Crippen molar-refractivity contribution < 1.29 is 9.90 Å². The minimum atomic E-state index is -1.13. The maximum absolute atomic E-state index is 10.0. The van der Waals surface area contributed by atoms with Crippen LogP contribution in [0.1, 0.15) is 5.56 Å². The fourth-order valence-electron chi connectivity index (χ4n) is 0.659. The van der Waals surface area contributed by atoms with E-state index in [2.05, 4.69) is 5.92 Å². The van der Waals surface area contributed by atoms with Crippen molar-refractivity contribution in [1.82, 2.24) is 0 Å². The van der Waals surface area contributed by atoms with Crippen LogP contribution in [0.25, 0.3) is 0 Å². The van der Waals surface area contributed by atoms with Crippen molar-refractivity contribution in [1.29, 1.82) is 0 Å². The van der Waals surface area contributed by atoms with Gasteiger partial charge >= 0.3 is 57.4 Å². The molecule has 0 atom stereocenters. The van der Waals surface area contributed by atoms with Gasteiger partial charge in [-0.05, 0) is 24.3 Å². The Kier molecular flexibility index (Phi) is 6.69. The summed E-state index contributed by atoms with van der Waals surface area (Å²) in [5.41, 5.74) is 0.641. The molecule has 0 aliphatic carbocycles. The van der Waals surface area contributed by atoms with Crippen LogP contribution in [0, 0.1) is 11.8 Å². The number of hydrogen-bond acceptors (Lipinski definition) is 1. The maximum atomic E-state index is 10.0. The van der Waals surface area contributed by atoms with E-state index < -0.39 is 5.97 Å². The molecule has 0 heterocycles. The van der Waals surface area contributed by atoms with Gasteiger partial charge < -0.3 is 5.11 Å². The van der Waals surface area contributed by atoms with Crippen molar-refractivity contribution >= 4 is 69.0 Å². The molecule has 0 saturated heterocycles. The Bertz CT molecular complexity index is 348. The second-order valence-corrected chi connectivity index (χ2v) is 2.50. The second kappa shape index (κ2) is 6.60. The number of carboxylic acids is 1. The summed E-state index contributed by atoms with van der Waals surface area (Å²) in [6.07, 6.45) is 0. The fraction of sp³-hybridized carbons (Fsp3) is 0. The predicted octanol–water partition coefficient (Wildman–Crippen LogP) is 1.13. The summed E-state index contributed by atoms with van der Waals surface area (Å²) in [6, 6.07) is 6.65. The summed E-state index contributed by atoms with van der Waals surface area (Å²) in [5.74, 6) is 3.33. The van der Waals surface area contributed by atoms with Gasteiger partial charge in [0.1, 0.15) is 0 Å². The number of hydrogen-bond donors (Lipinski definition) is 1. The van der Waals surface area contributed by atoms with Crippen LogP contribution in [0.4, 0.5) is 0 Å². The van der Waals surface area contributed by atoms with E-state index in [9.17, 15) is 4.79 Å². The summed E-state index contributed by atoms with van der Waals surface area (Å²) < 4.78 is 0. The van der Waals surface area contributed by atoms with Gasteiger partial charge in [-0.25, -0.2) is 4.79 Å². The van der Waals surface area contributed by atoms with Gasteiger partial charge in [-0.1, -0.05) is 17.5 Å². The fourth-order valence-corrected chi connectivity index (χ4v) is 0.785. The summed E-state index contributed by atoms with van der Waals surface area (Å²) in [4.78, 5) is 10.0. The van der Waals surface area contributed by atoms with Crippen LogP contribution in [0.15, 0.2) is 24.3 Å². The van der Waals surface area contributed by atoms with Crippen molar-refractivity contribution in [3.05, 3.63) is 34.9 Å². The number of carboxylic acid groups (broad SMARTS) is 1. The van der Waals surface area contributed by atoms with Gasteiger partial charge in [-0.2, -0.15) is 0 Å². The third kappa shape index (κ3) is 5.47. The SMILES string of the molecule is O=C(O)C#Cc1ccc(Cl)cc1.[KH]. The molecule has 1 rings (SSSR count). The average Bonchev–Trinajstić information content (AvgIpc) is 2.03. The molecule has 4 heteroatoms. The van der Waals surface area contributed by atoms with Gasteiger partial charge in [0, 0.05) is 16.5 Å².